The predicted molar refractivity (Wildman–Crippen MR) is 110 cm³/mol. The van der Waals surface area contributed by atoms with Crippen molar-refractivity contribution in [3.63, 3.8) is 0 Å². The molecule has 3 rings (SSSR count). The van der Waals surface area contributed by atoms with Crippen molar-refractivity contribution in [2.24, 2.45) is 0 Å². The molecular formula is C21H22BrN3O2. The third-order valence-corrected chi connectivity index (χ3v) is 4.54. The standard InChI is InChI=1S/C21H22BrN3O2/c1-15(2)21-23-10-11-25(21)13-16-4-3-5-18(12-16)24-20(26)14-27-19-8-6-17(22)7-9-19/h3-12,15H,13-14H2,1-2H3,(H,24,26). The number of anilines is 1. The van der Waals surface area contributed by atoms with Gasteiger partial charge in [0.1, 0.15) is 11.6 Å². The number of rotatable bonds is 7. The molecule has 3 aromatic rings. The van der Waals surface area contributed by atoms with Gasteiger partial charge in [0, 0.05) is 35.0 Å². The van der Waals surface area contributed by atoms with Gasteiger partial charge in [-0.25, -0.2) is 4.98 Å². The maximum atomic E-state index is 12.2. The molecule has 27 heavy (non-hydrogen) atoms. The fraction of sp³-hybridized carbons (Fsp3) is 0.238. The van der Waals surface area contributed by atoms with E-state index in [4.69, 9.17) is 4.74 Å². The molecule has 1 amide bonds. The molecule has 0 unspecified atom stereocenters. The smallest absolute Gasteiger partial charge is 0.262 e. The Morgan fingerprint density at radius 1 is 1.22 bits per heavy atom. The van der Waals surface area contributed by atoms with Crippen LogP contribution in [0.1, 0.15) is 31.2 Å². The minimum atomic E-state index is -0.194. The van der Waals surface area contributed by atoms with Crippen LogP contribution in [0.4, 0.5) is 5.69 Å². The fourth-order valence-electron chi connectivity index (χ4n) is 2.78. The first-order valence-corrected chi connectivity index (χ1v) is 9.59. The number of halogens is 1. The van der Waals surface area contributed by atoms with Gasteiger partial charge >= 0.3 is 0 Å². The third kappa shape index (κ3) is 5.44. The van der Waals surface area contributed by atoms with Crippen LogP contribution in [-0.4, -0.2) is 22.1 Å². The summed E-state index contributed by atoms with van der Waals surface area (Å²) >= 11 is 3.37. The first kappa shape index (κ1) is 19.2. The summed E-state index contributed by atoms with van der Waals surface area (Å²) in [6.07, 6.45) is 3.80. The van der Waals surface area contributed by atoms with Gasteiger partial charge in [0.2, 0.25) is 0 Å². The molecule has 5 nitrogen and oxygen atoms in total. The molecule has 0 aliphatic rings. The molecule has 0 spiro atoms. The number of nitrogens with zero attached hydrogens (tertiary/aromatic N) is 2. The van der Waals surface area contributed by atoms with E-state index in [0.29, 0.717) is 18.2 Å². The number of benzene rings is 2. The Bertz CT molecular complexity index is 904. The number of nitrogens with one attached hydrogen (secondary N) is 1. The Balaban J connectivity index is 1.59. The maximum absolute atomic E-state index is 12.2. The number of imidazole rings is 1. The molecule has 140 valence electrons. The second kappa shape index (κ2) is 8.86. The molecule has 1 heterocycles. The minimum absolute atomic E-state index is 0.0368. The van der Waals surface area contributed by atoms with Crippen molar-refractivity contribution >= 4 is 27.5 Å². The van der Waals surface area contributed by atoms with Gasteiger partial charge in [-0.2, -0.15) is 0 Å². The zero-order valence-corrected chi connectivity index (χ0v) is 16.9. The van der Waals surface area contributed by atoms with Gasteiger partial charge in [-0.15, -0.1) is 0 Å². The molecule has 0 saturated carbocycles. The monoisotopic (exact) mass is 427 g/mol. The highest BCUT2D eigenvalue weighted by molar-refractivity contribution is 9.10. The number of carbonyl (C=O) groups excluding carboxylic acids is 1. The summed E-state index contributed by atoms with van der Waals surface area (Å²) in [7, 11) is 0. The van der Waals surface area contributed by atoms with Crippen molar-refractivity contribution < 1.29 is 9.53 Å². The lowest BCUT2D eigenvalue weighted by Crippen LogP contribution is -2.20. The van der Waals surface area contributed by atoms with Crippen LogP contribution in [0.3, 0.4) is 0 Å². The topological polar surface area (TPSA) is 56.2 Å². The van der Waals surface area contributed by atoms with Gasteiger partial charge < -0.3 is 14.6 Å². The zero-order valence-electron chi connectivity index (χ0n) is 15.4. The Morgan fingerprint density at radius 3 is 2.74 bits per heavy atom. The summed E-state index contributed by atoms with van der Waals surface area (Å²) in [5.41, 5.74) is 1.85. The van der Waals surface area contributed by atoms with Crippen molar-refractivity contribution in [2.75, 3.05) is 11.9 Å². The van der Waals surface area contributed by atoms with Crippen molar-refractivity contribution in [3.05, 3.63) is 76.8 Å². The van der Waals surface area contributed by atoms with E-state index in [1.54, 1.807) is 0 Å². The average molecular weight is 428 g/mol. The van der Waals surface area contributed by atoms with Gasteiger partial charge in [0.25, 0.3) is 5.91 Å². The Kier molecular flexibility index (Phi) is 6.29. The van der Waals surface area contributed by atoms with Crippen molar-refractivity contribution in [3.8, 4) is 5.75 Å². The molecular weight excluding hydrogens is 406 g/mol. The van der Waals surface area contributed by atoms with Crippen LogP contribution >= 0.6 is 15.9 Å². The molecule has 0 atom stereocenters. The summed E-state index contributed by atoms with van der Waals surface area (Å²) in [6, 6.07) is 15.2. The number of amides is 1. The van der Waals surface area contributed by atoms with Gasteiger partial charge in [0.15, 0.2) is 6.61 Å². The van der Waals surface area contributed by atoms with Crippen LogP contribution in [0.2, 0.25) is 0 Å². The summed E-state index contributed by atoms with van der Waals surface area (Å²) in [5.74, 6) is 1.87. The minimum Gasteiger partial charge on any atom is -0.484 e. The Hall–Kier alpha value is -2.60. The van der Waals surface area contributed by atoms with E-state index in [1.807, 2.05) is 60.9 Å². The molecule has 0 bridgehead atoms. The number of hydrogen-bond donors (Lipinski definition) is 1. The van der Waals surface area contributed by atoms with E-state index in [2.05, 4.69) is 44.6 Å². The molecule has 1 N–H and O–H groups in total. The van der Waals surface area contributed by atoms with E-state index in [-0.39, 0.29) is 12.5 Å². The normalized spacial score (nSPS) is 10.8. The number of aromatic nitrogens is 2. The van der Waals surface area contributed by atoms with Crippen LogP contribution in [-0.2, 0) is 11.3 Å². The predicted octanol–water partition coefficient (Wildman–Crippen LogP) is 4.83. The number of hydrogen-bond acceptors (Lipinski definition) is 3. The van der Waals surface area contributed by atoms with Gasteiger partial charge in [0.05, 0.1) is 0 Å². The summed E-state index contributed by atoms with van der Waals surface area (Å²) in [6.45, 7) is 4.93. The van der Waals surface area contributed by atoms with Crippen LogP contribution < -0.4 is 10.1 Å². The summed E-state index contributed by atoms with van der Waals surface area (Å²) in [4.78, 5) is 16.6. The maximum Gasteiger partial charge on any atom is 0.262 e. The lowest BCUT2D eigenvalue weighted by molar-refractivity contribution is -0.118. The first-order chi connectivity index (χ1) is 13.0. The molecule has 0 saturated heterocycles. The zero-order chi connectivity index (χ0) is 19.2. The largest absolute Gasteiger partial charge is 0.484 e. The van der Waals surface area contributed by atoms with Crippen LogP contribution in [0, 0.1) is 0 Å². The van der Waals surface area contributed by atoms with Crippen molar-refractivity contribution in [1.29, 1.82) is 0 Å². The Morgan fingerprint density at radius 2 is 2.00 bits per heavy atom. The fourth-order valence-corrected chi connectivity index (χ4v) is 3.04. The second-order valence-corrected chi connectivity index (χ2v) is 7.47. The van der Waals surface area contributed by atoms with Crippen LogP contribution in [0.25, 0.3) is 0 Å². The van der Waals surface area contributed by atoms with Crippen molar-refractivity contribution in [1.82, 2.24) is 9.55 Å². The highest BCUT2D eigenvalue weighted by Crippen LogP contribution is 2.18. The summed E-state index contributed by atoms with van der Waals surface area (Å²) in [5, 5.41) is 2.88. The molecule has 6 heteroatoms. The van der Waals surface area contributed by atoms with E-state index in [1.165, 1.54) is 0 Å². The van der Waals surface area contributed by atoms with E-state index in [0.717, 1.165) is 21.5 Å². The highest BCUT2D eigenvalue weighted by Gasteiger charge is 2.09. The molecule has 2 aromatic carbocycles. The van der Waals surface area contributed by atoms with Gasteiger partial charge in [-0.05, 0) is 42.0 Å². The average Bonchev–Trinajstić information content (AvgIpc) is 3.10. The Labute approximate surface area is 167 Å². The second-order valence-electron chi connectivity index (χ2n) is 6.56. The van der Waals surface area contributed by atoms with Crippen molar-refractivity contribution in [2.45, 2.75) is 26.3 Å². The van der Waals surface area contributed by atoms with E-state index >= 15 is 0 Å². The lowest BCUT2D eigenvalue weighted by atomic mass is 10.1. The summed E-state index contributed by atoms with van der Waals surface area (Å²) < 4.78 is 8.60. The number of carbonyl (C=O) groups is 1. The quantitative estimate of drug-likeness (QED) is 0.586. The molecule has 1 aromatic heterocycles. The first-order valence-electron chi connectivity index (χ1n) is 8.79. The van der Waals surface area contributed by atoms with Gasteiger partial charge in [-0.3, -0.25) is 4.79 Å². The molecule has 0 aliphatic heterocycles. The van der Waals surface area contributed by atoms with E-state index < -0.39 is 0 Å². The van der Waals surface area contributed by atoms with Crippen LogP contribution in [0.15, 0.2) is 65.4 Å². The number of ether oxygens (including phenoxy) is 1. The molecule has 0 radical (unpaired) electrons. The molecule has 0 fully saturated rings. The third-order valence-electron chi connectivity index (χ3n) is 4.01. The highest BCUT2D eigenvalue weighted by atomic mass is 79.9. The lowest BCUT2D eigenvalue weighted by Gasteiger charge is -2.12. The van der Waals surface area contributed by atoms with E-state index in [9.17, 15) is 4.79 Å². The SMILES string of the molecule is CC(C)c1nccn1Cc1cccc(NC(=O)COc2ccc(Br)cc2)c1. The molecule has 0 aliphatic carbocycles. The van der Waals surface area contributed by atoms with Crippen LogP contribution in [0.5, 0.6) is 5.75 Å². The van der Waals surface area contributed by atoms with Gasteiger partial charge in [-0.1, -0.05) is 41.9 Å².